The van der Waals surface area contributed by atoms with E-state index in [1.807, 2.05) is 42.5 Å². The molecule has 25 heavy (non-hydrogen) atoms. The SMILES string of the molecule is Cc1cc(NC(=O)C(C)Sc2n[nH]c(/C=C/c3ccccc3)n2)on1. The number of nitrogens with one attached hydrogen (secondary N) is 2. The molecule has 0 spiro atoms. The van der Waals surface area contributed by atoms with Gasteiger partial charge in [0.1, 0.15) is 5.82 Å². The normalized spacial score (nSPS) is 12.4. The fourth-order valence-electron chi connectivity index (χ4n) is 1.98. The van der Waals surface area contributed by atoms with Gasteiger partial charge >= 0.3 is 0 Å². The molecule has 0 fully saturated rings. The molecular formula is C17H17N5O2S. The highest BCUT2D eigenvalue weighted by Crippen LogP contribution is 2.21. The number of aromatic nitrogens is 4. The van der Waals surface area contributed by atoms with E-state index in [0.717, 1.165) is 5.56 Å². The summed E-state index contributed by atoms with van der Waals surface area (Å²) >= 11 is 1.26. The van der Waals surface area contributed by atoms with Crippen LogP contribution in [0.5, 0.6) is 0 Å². The van der Waals surface area contributed by atoms with Crippen molar-refractivity contribution >= 4 is 35.7 Å². The highest BCUT2D eigenvalue weighted by Gasteiger charge is 2.18. The average molecular weight is 355 g/mol. The van der Waals surface area contributed by atoms with Crippen molar-refractivity contribution in [2.24, 2.45) is 0 Å². The number of amides is 1. The summed E-state index contributed by atoms with van der Waals surface area (Å²) < 4.78 is 4.98. The Morgan fingerprint density at radius 2 is 2.12 bits per heavy atom. The van der Waals surface area contributed by atoms with Gasteiger partial charge in [-0.05, 0) is 25.5 Å². The van der Waals surface area contributed by atoms with E-state index in [9.17, 15) is 4.79 Å². The van der Waals surface area contributed by atoms with Gasteiger partial charge in [0.2, 0.25) is 16.9 Å². The Balaban J connectivity index is 1.57. The molecule has 2 aromatic heterocycles. The quantitative estimate of drug-likeness (QED) is 0.658. The van der Waals surface area contributed by atoms with E-state index in [1.54, 1.807) is 19.9 Å². The lowest BCUT2D eigenvalue weighted by Gasteiger charge is -2.06. The lowest BCUT2D eigenvalue weighted by Crippen LogP contribution is -2.22. The number of hydrogen-bond donors (Lipinski definition) is 2. The van der Waals surface area contributed by atoms with Crippen molar-refractivity contribution < 1.29 is 9.32 Å². The van der Waals surface area contributed by atoms with E-state index >= 15 is 0 Å². The van der Waals surface area contributed by atoms with Crippen molar-refractivity contribution in [1.82, 2.24) is 20.3 Å². The van der Waals surface area contributed by atoms with Gasteiger partial charge in [-0.15, -0.1) is 5.10 Å². The molecule has 128 valence electrons. The lowest BCUT2D eigenvalue weighted by molar-refractivity contribution is -0.115. The number of aromatic amines is 1. The number of carbonyl (C=O) groups is 1. The summed E-state index contributed by atoms with van der Waals surface area (Å²) in [5.74, 6) is 0.758. The predicted molar refractivity (Wildman–Crippen MR) is 96.9 cm³/mol. The molecule has 0 aliphatic rings. The van der Waals surface area contributed by atoms with Crippen LogP contribution in [0.2, 0.25) is 0 Å². The van der Waals surface area contributed by atoms with Crippen LogP contribution in [-0.4, -0.2) is 31.5 Å². The van der Waals surface area contributed by atoms with Gasteiger partial charge in [-0.25, -0.2) is 4.98 Å². The summed E-state index contributed by atoms with van der Waals surface area (Å²) in [5, 5.41) is 13.5. The van der Waals surface area contributed by atoms with E-state index in [2.05, 4.69) is 25.7 Å². The molecule has 3 rings (SSSR count). The second kappa shape index (κ2) is 7.80. The molecule has 0 radical (unpaired) electrons. The topological polar surface area (TPSA) is 96.7 Å². The summed E-state index contributed by atoms with van der Waals surface area (Å²) in [6.45, 7) is 3.56. The maximum atomic E-state index is 12.1. The van der Waals surface area contributed by atoms with Gasteiger partial charge in [0.15, 0.2) is 0 Å². The summed E-state index contributed by atoms with van der Waals surface area (Å²) in [6.07, 6.45) is 3.78. The summed E-state index contributed by atoms with van der Waals surface area (Å²) in [7, 11) is 0. The van der Waals surface area contributed by atoms with Gasteiger partial charge in [0, 0.05) is 6.07 Å². The average Bonchev–Trinajstić information content (AvgIpc) is 3.23. The number of nitrogens with zero attached hydrogens (tertiary/aromatic N) is 3. The lowest BCUT2D eigenvalue weighted by atomic mass is 10.2. The predicted octanol–water partition coefficient (Wildman–Crippen LogP) is 3.39. The van der Waals surface area contributed by atoms with Crippen molar-refractivity contribution in [2.45, 2.75) is 24.3 Å². The van der Waals surface area contributed by atoms with Gasteiger partial charge in [0.25, 0.3) is 0 Å². The Hall–Kier alpha value is -2.87. The third kappa shape index (κ3) is 4.80. The second-order valence-electron chi connectivity index (χ2n) is 5.33. The summed E-state index contributed by atoms with van der Waals surface area (Å²) in [4.78, 5) is 16.5. The Morgan fingerprint density at radius 3 is 2.84 bits per heavy atom. The zero-order valence-electron chi connectivity index (χ0n) is 13.8. The molecule has 7 nitrogen and oxygen atoms in total. The molecular weight excluding hydrogens is 338 g/mol. The zero-order chi connectivity index (χ0) is 17.6. The maximum absolute atomic E-state index is 12.1. The van der Waals surface area contributed by atoms with Crippen molar-refractivity contribution in [3.05, 3.63) is 53.5 Å². The molecule has 8 heteroatoms. The van der Waals surface area contributed by atoms with E-state index in [4.69, 9.17) is 4.52 Å². The van der Waals surface area contributed by atoms with Crippen LogP contribution in [0.15, 0.2) is 46.1 Å². The monoisotopic (exact) mass is 355 g/mol. The maximum Gasteiger partial charge on any atom is 0.240 e. The van der Waals surface area contributed by atoms with Crippen LogP contribution in [-0.2, 0) is 4.79 Å². The molecule has 1 aromatic carbocycles. The minimum Gasteiger partial charge on any atom is -0.338 e. The van der Waals surface area contributed by atoms with Gasteiger partial charge in [0.05, 0.1) is 10.9 Å². The number of anilines is 1. The van der Waals surface area contributed by atoms with Gasteiger partial charge in [-0.2, -0.15) is 0 Å². The molecule has 1 unspecified atom stereocenters. The number of aryl methyl sites for hydroxylation is 1. The fraction of sp³-hybridized carbons (Fsp3) is 0.176. The smallest absolute Gasteiger partial charge is 0.240 e. The first-order chi connectivity index (χ1) is 12.1. The first-order valence-corrected chi connectivity index (χ1v) is 8.54. The van der Waals surface area contributed by atoms with Gasteiger partial charge < -0.3 is 4.52 Å². The number of carbonyl (C=O) groups excluding carboxylic acids is 1. The molecule has 2 heterocycles. The van der Waals surface area contributed by atoms with Crippen LogP contribution in [0.25, 0.3) is 12.2 Å². The Bertz CT molecular complexity index is 872. The van der Waals surface area contributed by atoms with Crippen LogP contribution < -0.4 is 5.32 Å². The van der Waals surface area contributed by atoms with E-state index in [0.29, 0.717) is 22.6 Å². The van der Waals surface area contributed by atoms with Crippen LogP contribution in [0.1, 0.15) is 24.0 Å². The number of H-pyrrole nitrogens is 1. The molecule has 0 saturated carbocycles. The van der Waals surface area contributed by atoms with Gasteiger partial charge in [-0.1, -0.05) is 53.3 Å². The third-order valence-corrected chi connectivity index (χ3v) is 4.20. The summed E-state index contributed by atoms with van der Waals surface area (Å²) in [5.41, 5.74) is 1.78. The van der Waals surface area contributed by atoms with E-state index < -0.39 is 0 Å². The first kappa shape index (κ1) is 17.0. The number of thioether (sulfide) groups is 1. The van der Waals surface area contributed by atoms with Crippen LogP contribution >= 0.6 is 11.8 Å². The molecule has 0 aliphatic carbocycles. The van der Waals surface area contributed by atoms with E-state index in [-0.39, 0.29) is 11.2 Å². The highest BCUT2D eigenvalue weighted by atomic mass is 32.2. The molecule has 0 aliphatic heterocycles. The zero-order valence-corrected chi connectivity index (χ0v) is 14.6. The number of rotatable bonds is 6. The minimum absolute atomic E-state index is 0.202. The molecule has 2 N–H and O–H groups in total. The summed E-state index contributed by atoms with van der Waals surface area (Å²) in [6, 6.07) is 11.6. The first-order valence-electron chi connectivity index (χ1n) is 7.66. The largest absolute Gasteiger partial charge is 0.338 e. The minimum atomic E-state index is -0.382. The molecule has 0 saturated heterocycles. The number of benzene rings is 1. The standard InChI is InChI=1S/C17H17N5O2S/c1-11-10-15(24-22-11)19-16(23)12(2)25-17-18-14(20-21-17)9-8-13-6-4-3-5-7-13/h3-10,12H,1-2H3,(H,19,23)(H,18,20,21)/b9-8+. The highest BCUT2D eigenvalue weighted by molar-refractivity contribution is 8.00. The van der Waals surface area contributed by atoms with Crippen molar-refractivity contribution in [3.63, 3.8) is 0 Å². The van der Waals surface area contributed by atoms with E-state index in [1.165, 1.54) is 11.8 Å². The second-order valence-corrected chi connectivity index (χ2v) is 6.64. The Kier molecular flexibility index (Phi) is 5.30. The van der Waals surface area contributed by atoms with Crippen molar-refractivity contribution in [2.75, 3.05) is 5.32 Å². The fourth-order valence-corrected chi connectivity index (χ4v) is 2.71. The van der Waals surface area contributed by atoms with Crippen LogP contribution in [0.3, 0.4) is 0 Å². The van der Waals surface area contributed by atoms with Gasteiger partial charge in [-0.3, -0.25) is 15.2 Å². The van der Waals surface area contributed by atoms with Crippen molar-refractivity contribution in [3.8, 4) is 0 Å². The molecule has 3 aromatic rings. The molecule has 1 amide bonds. The molecule has 0 bridgehead atoms. The third-order valence-electron chi connectivity index (χ3n) is 3.24. The van der Waals surface area contributed by atoms with Crippen LogP contribution in [0.4, 0.5) is 5.88 Å². The number of hydrogen-bond acceptors (Lipinski definition) is 6. The Labute approximate surface area is 148 Å². The van der Waals surface area contributed by atoms with Crippen LogP contribution in [0, 0.1) is 6.92 Å². The van der Waals surface area contributed by atoms with Crippen molar-refractivity contribution in [1.29, 1.82) is 0 Å². The molecule has 1 atom stereocenters. The Morgan fingerprint density at radius 1 is 1.32 bits per heavy atom.